The van der Waals surface area contributed by atoms with Crippen molar-refractivity contribution in [2.24, 2.45) is 0 Å². The van der Waals surface area contributed by atoms with Crippen molar-refractivity contribution in [1.82, 2.24) is 20.1 Å². The molecule has 0 radical (unpaired) electrons. The molecule has 0 bridgehead atoms. The number of rotatable bonds is 4. The summed E-state index contributed by atoms with van der Waals surface area (Å²) in [6, 6.07) is 3.64. The molecule has 1 atom stereocenters. The normalized spacial score (nSPS) is 12.4. The Morgan fingerprint density at radius 1 is 1.65 bits per heavy atom. The minimum atomic E-state index is -0.0643. The fourth-order valence-electron chi connectivity index (χ4n) is 1.75. The smallest absolute Gasteiger partial charge is 0.268 e. The average Bonchev–Trinajstić information content (AvgIpc) is 2.99. The van der Waals surface area contributed by atoms with Gasteiger partial charge in [-0.2, -0.15) is 5.10 Å². The highest BCUT2D eigenvalue weighted by Crippen LogP contribution is 2.11. The lowest BCUT2D eigenvalue weighted by Crippen LogP contribution is -2.28. The fraction of sp³-hybridized carbons (Fsp3) is 0.333. The monoisotopic (exact) mass is 232 g/mol. The molecule has 0 aliphatic heterocycles. The number of carbonyl (C=O) groups is 1. The number of H-pyrrole nitrogens is 1. The van der Waals surface area contributed by atoms with Gasteiger partial charge in [-0.3, -0.25) is 9.89 Å². The zero-order valence-electron chi connectivity index (χ0n) is 9.97. The third kappa shape index (κ3) is 2.38. The molecule has 0 fully saturated rings. The first-order valence-corrected chi connectivity index (χ1v) is 5.67. The minimum absolute atomic E-state index is 0.0542. The molecule has 0 aliphatic carbocycles. The predicted octanol–water partition coefficient (Wildman–Crippen LogP) is 1.72. The van der Waals surface area contributed by atoms with E-state index in [4.69, 9.17) is 0 Å². The van der Waals surface area contributed by atoms with Crippen molar-refractivity contribution in [2.75, 3.05) is 0 Å². The zero-order valence-corrected chi connectivity index (χ0v) is 9.97. The third-order valence-corrected chi connectivity index (χ3v) is 2.77. The molecule has 90 valence electrons. The van der Waals surface area contributed by atoms with Crippen LogP contribution in [-0.4, -0.2) is 20.7 Å². The van der Waals surface area contributed by atoms with Crippen LogP contribution in [-0.2, 0) is 6.54 Å². The van der Waals surface area contributed by atoms with Crippen LogP contribution in [0.4, 0.5) is 0 Å². The second-order valence-electron chi connectivity index (χ2n) is 3.91. The SMILES string of the molecule is CCn1cccc1C(=O)NC(C)c1cn[nH]c1. The van der Waals surface area contributed by atoms with Gasteiger partial charge in [0.1, 0.15) is 5.69 Å². The van der Waals surface area contributed by atoms with Gasteiger partial charge in [0.15, 0.2) is 0 Å². The van der Waals surface area contributed by atoms with E-state index in [-0.39, 0.29) is 11.9 Å². The Morgan fingerprint density at radius 3 is 3.12 bits per heavy atom. The van der Waals surface area contributed by atoms with Crippen molar-refractivity contribution in [3.63, 3.8) is 0 Å². The van der Waals surface area contributed by atoms with Crippen LogP contribution >= 0.6 is 0 Å². The molecule has 1 amide bonds. The van der Waals surface area contributed by atoms with Gasteiger partial charge in [-0.15, -0.1) is 0 Å². The van der Waals surface area contributed by atoms with E-state index in [1.54, 1.807) is 12.4 Å². The lowest BCUT2D eigenvalue weighted by atomic mass is 10.2. The zero-order chi connectivity index (χ0) is 12.3. The molecule has 5 nitrogen and oxygen atoms in total. The Morgan fingerprint density at radius 2 is 2.47 bits per heavy atom. The van der Waals surface area contributed by atoms with Gasteiger partial charge < -0.3 is 9.88 Å². The average molecular weight is 232 g/mol. The molecule has 0 spiro atoms. The quantitative estimate of drug-likeness (QED) is 0.843. The number of carbonyl (C=O) groups excluding carboxylic acids is 1. The van der Waals surface area contributed by atoms with Gasteiger partial charge in [0, 0.05) is 24.5 Å². The maximum Gasteiger partial charge on any atom is 0.268 e. The second kappa shape index (κ2) is 4.86. The summed E-state index contributed by atoms with van der Waals surface area (Å²) in [7, 11) is 0. The number of nitrogens with zero attached hydrogens (tertiary/aromatic N) is 2. The molecule has 0 aromatic carbocycles. The summed E-state index contributed by atoms with van der Waals surface area (Å²) in [5.41, 5.74) is 1.65. The van der Waals surface area contributed by atoms with E-state index >= 15 is 0 Å². The van der Waals surface area contributed by atoms with Crippen LogP contribution in [0.3, 0.4) is 0 Å². The molecule has 0 saturated carbocycles. The summed E-state index contributed by atoms with van der Waals surface area (Å²) in [5, 5.41) is 9.54. The number of aromatic amines is 1. The first-order chi connectivity index (χ1) is 8.22. The minimum Gasteiger partial charge on any atom is -0.344 e. The Balaban J connectivity index is 2.07. The van der Waals surface area contributed by atoms with Crippen molar-refractivity contribution in [1.29, 1.82) is 0 Å². The van der Waals surface area contributed by atoms with Crippen molar-refractivity contribution in [3.8, 4) is 0 Å². The Labute approximate surface area is 99.8 Å². The molecular formula is C12H16N4O. The maximum atomic E-state index is 12.0. The van der Waals surface area contributed by atoms with E-state index in [2.05, 4.69) is 15.5 Å². The van der Waals surface area contributed by atoms with Crippen molar-refractivity contribution < 1.29 is 4.79 Å². The number of nitrogens with one attached hydrogen (secondary N) is 2. The van der Waals surface area contributed by atoms with E-state index in [0.717, 1.165) is 12.1 Å². The number of aromatic nitrogens is 3. The molecule has 2 rings (SSSR count). The second-order valence-corrected chi connectivity index (χ2v) is 3.91. The molecule has 2 heterocycles. The molecule has 17 heavy (non-hydrogen) atoms. The lowest BCUT2D eigenvalue weighted by Gasteiger charge is -2.13. The van der Waals surface area contributed by atoms with Crippen molar-refractivity contribution >= 4 is 5.91 Å². The first-order valence-electron chi connectivity index (χ1n) is 5.67. The summed E-state index contributed by atoms with van der Waals surface area (Å²) in [4.78, 5) is 12.0. The van der Waals surface area contributed by atoms with Crippen LogP contribution in [0.25, 0.3) is 0 Å². The molecule has 5 heteroatoms. The lowest BCUT2D eigenvalue weighted by molar-refractivity contribution is 0.0930. The first kappa shape index (κ1) is 11.4. The van der Waals surface area contributed by atoms with E-state index in [9.17, 15) is 4.79 Å². The highest BCUT2D eigenvalue weighted by Gasteiger charge is 2.14. The van der Waals surface area contributed by atoms with Crippen molar-refractivity contribution in [3.05, 3.63) is 42.0 Å². The number of hydrogen-bond donors (Lipinski definition) is 2. The number of amides is 1. The standard InChI is InChI=1S/C12H16N4O/c1-3-16-6-4-5-11(16)12(17)15-9(2)10-7-13-14-8-10/h4-9H,3H2,1-2H3,(H,13,14)(H,15,17). The molecule has 2 aromatic heterocycles. The molecule has 2 N–H and O–H groups in total. The van der Waals surface area contributed by atoms with E-state index in [1.807, 2.05) is 36.7 Å². The van der Waals surface area contributed by atoms with Gasteiger partial charge >= 0.3 is 0 Å². The summed E-state index contributed by atoms with van der Waals surface area (Å²) in [6.07, 6.45) is 5.39. The van der Waals surface area contributed by atoms with Gasteiger partial charge in [-0.05, 0) is 26.0 Å². The van der Waals surface area contributed by atoms with Crippen molar-refractivity contribution in [2.45, 2.75) is 26.4 Å². The topological polar surface area (TPSA) is 62.7 Å². The number of hydrogen-bond acceptors (Lipinski definition) is 2. The van der Waals surface area contributed by atoms with Crippen LogP contribution in [0.1, 0.15) is 35.9 Å². The van der Waals surface area contributed by atoms with E-state index in [0.29, 0.717) is 5.69 Å². The molecule has 0 saturated heterocycles. The van der Waals surface area contributed by atoms with Gasteiger partial charge in [-0.25, -0.2) is 0 Å². The van der Waals surface area contributed by atoms with Gasteiger partial charge in [0.25, 0.3) is 5.91 Å². The summed E-state index contributed by atoms with van der Waals surface area (Å²) >= 11 is 0. The van der Waals surface area contributed by atoms with Crippen LogP contribution < -0.4 is 5.32 Å². The van der Waals surface area contributed by atoms with Crippen LogP contribution in [0.5, 0.6) is 0 Å². The summed E-state index contributed by atoms with van der Waals surface area (Å²) < 4.78 is 1.91. The molecular weight excluding hydrogens is 216 g/mol. The fourth-order valence-corrected chi connectivity index (χ4v) is 1.75. The molecule has 0 aliphatic rings. The highest BCUT2D eigenvalue weighted by atomic mass is 16.2. The predicted molar refractivity (Wildman–Crippen MR) is 64.6 cm³/mol. The van der Waals surface area contributed by atoms with E-state index in [1.165, 1.54) is 0 Å². The summed E-state index contributed by atoms with van der Waals surface area (Å²) in [5.74, 6) is -0.0643. The van der Waals surface area contributed by atoms with E-state index < -0.39 is 0 Å². The molecule has 1 unspecified atom stereocenters. The number of aryl methyl sites for hydroxylation is 1. The van der Waals surface area contributed by atoms with Crippen LogP contribution in [0, 0.1) is 0 Å². The summed E-state index contributed by atoms with van der Waals surface area (Å²) in [6.45, 7) is 4.73. The van der Waals surface area contributed by atoms with Gasteiger partial charge in [0.2, 0.25) is 0 Å². The molecule has 2 aromatic rings. The Kier molecular flexibility index (Phi) is 3.27. The van der Waals surface area contributed by atoms with Gasteiger partial charge in [-0.1, -0.05) is 0 Å². The highest BCUT2D eigenvalue weighted by molar-refractivity contribution is 5.93. The van der Waals surface area contributed by atoms with Crippen LogP contribution in [0.2, 0.25) is 0 Å². The van der Waals surface area contributed by atoms with Crippen LogP contribution in [0.15, 0.2) is 30.7 Å². The largest absolute Gasteiger partial charge is 0.344 e. The third-order valence-electron chi connectivity index (χ3n) is 2.77. The Hall–Kier alpha value is -2.04. The van der Waals surface area contributed by atoms with Gasteiger partial charge in [0.05, 0.1) is 12.2 Å². The Bertz CT molecular complexity index is 486. The maximum absolute atomic E-state index is 12.0.